The second-order valence-corrected chi connectivity index (χ2v) is 8.52. The number of hydrogen-bond donors (Lipinski definition) is 3. The van der Waals surface area contributed by atoms with Gasteiger partial charge in [0, 0.05) is 18.2 Å². The molecule has 4 aromatic rings. The minimum Gasteiger partial charge on any atom is -0.339 e. The van der Waals surface area contributed by atoms with Crippen LogP contribution in [-0.2, 0) is 10.0 Å². The van der Waals surface area contributed by atoms with E-state index < -0.39 is 15.8 Å². The zero-order valence-electron chi connectivity index (χ0n) is 17.0. The Labute approximate surface area is 183 Å². The summed E-state index contributed by atoms with van der Waals surface area (Å²) >= 11 is 0. The SMILES string of the molecule is Cc1nc(-c2ccc(Nc3ncc(F)c(Nc4ccccc4NS(C)(=O)=O)n3)cc2)no1. The Morgan fingerprint density at radius 1 is 0.969 bits per heavy atom. The van der Waals surface area contributed by atoms with Crippen molar-refractivity contribution in [2.75, 3.05) is 21.6 Å². The summed E-state index contributed by atoms with van der Waals surface area (Å²) in [5.41, 5.74) is 2.02. The number of nitrogens with one attached hydrogen (secondary N) is 3. The highest BCUT2D eigenvalue weighted by Gasteiger charge is 2.12. The Morgan fingerprint density at radius 3 is 2.34 bits per heavy atom. The molecule has 0 aliphatic rings. The van der Waals surface area contributed by atoms with E-state index in [0.29, 0.717) is 23.1 Å². The summed E-state index contributed by atoms with van der Waals surface area (Å²) in [5.74, 6) is 0.262. The predicted octanol–water partition coefficient (Wildman–Crippen LogP) is 3.83. The lowest BCUT2D eigenvalue weighted by Crippen LogP contribution is -2.11. The first-order valence-electron chi connectivity index (χ1n) is 9.31. The molecule has 0 aliphatic carbocycles. The molecule has 0 aliphatic heterocycles. The fourth-order valence-corrected chi connectivity index (χ4v) is 3.35. The Morgan fingerprint density at radius 2 is 1.69 bits per heavy atom. The number of nitrogens with zero attached hydrogens (tertiary/aromatic N) is 4. The number of aryl methyl sites for hydroxylation is 1. The number of aromatic nitrogens is 4. The normalized spacial score (nSPS) is 11.2. The molecular formula is C20H18FN7O3S. The summed E-state index contributed by atoms with van der Waals surface area (Å²) in [4.78, 5) is 12.3. The monoisotopic (exact) mass is 455 g/mol. The molecule has 0 fully saturated rings. The zero-order chi connectivity index (χ0) is 22.7. The van der Waals surface area contributed by atoms with Gasteiger partial charge in [-0.2, -0.15) is 9.97 Å². The largest absolute Gasteiger partial charge is 0.339 e. The van der Waals surface area contributed by atoms with E-state index in [-0.39, 0.29) is 17.5 Å². The van der Waals surface area contributed by atoms with Crippen LogP contribution >= 0.6 is 0 Å². The van der Waals surface area contributed by atoms with Gasteiger partial charge in [-0.1, -0.05) is 17.3 Å². The van der Waals surface area contributed by atoms with Gasteiger partial charge in [-0.25, -0.2) is 17.8 Å². The molecule has 4 rings (SSSR count). The molecule has 0 bridgehead atoms. The fourth-order valence-electron chi connectivity index (χ4n) is 2.77. The smallest absolute Gasteiger partial charge is 0.229 e. The first kappa shape index (κ1) is 21.2. The highest BCUT2D eigenvalue weighted by molar-refractivity contribution is 7.92. The Balaban J connectivity index is 1.54. The van der Waals surface area contributed by atoms with E-state index in [2.05, 4.69) is 35.5 Å². The van der Waals surface area contributed by atoms with Gasteiger partial charge in [-0.3, -0.25) is 4.72 Å². The van der Waals surface area contributed by atoms with Crippen molar-refractivity contribution in [3.8, 4) is 11.4 Å². The Hall–Kier alpha value is -4.06. The highest BCUT2D eigenvalue weighted by Crippen LogP contribution is 2.27. The lowest BCUT2D eigenvalue weighted by molar-refractivity contribution is 0.394. The van der Waals surface area contributed by atoms with Crippen molar-refractivity contribution in [3.63, 3.8) is 0 Å². The van der Waals surface area contributed by atoms with Gasteiger partial charge in [-0.05, 0) is 36.4 Å². The van der Waals surface area contributed by atoms with Crippen LogP contribution in [0.15, 0.2) is 59.3 Å². The summed E-state index contributed by atoms with van der Waals surface area (Å²) in [6.07, 6.45) is 2.04. The topological polar surface area (TPSA) is 135 Å². The third-order valence-electron chi connectivity index (χ3n) is 4.15. The van der Waals surface area contributed by atoms with Crippen molar-refractivity contribution in [2.24, 2.45) is 0 Å². The van der Waals surface area contributed by atoms with Crippen molar-refractivity contribution in [3.05, 3.63) is 66.4 Å². The van der Waals surface area contributed by atoms with Crippen molar-refractivity contribution < 1.29 is 17.3 Å². The molecule has 0 unspecified atom stereocenters. The molecule has 32 heavy (non-hydrogen) atoms. The number of halogens is 1. The highest BCUT2D eigenvalue weighted by atomic mass is 32.2. The van der Waals surface area contributed by atoms with Crippen LogP contribution in [0.4, 0.5) is 33.2 Å². The van der Waals surface area contributed by atoms with Gasteiger partial charge in [0.25, 0.3) is 0 Å². The van der Waals surface area contributed by atoms with Gasteiger partial charge in [0.1, 0.15) is 0 Å². The molecule has 0 radical (unpaired) electrons. The standard InChI is InChI=1S/C20H18FN7O3S/c1-12-23-18(27-31-12)13-7-9-14(10-8-13)24-20-22-11-15(21)19(26-20)25-16-5-3-4-6-17(16)28-32(2,29)30/h3-11,28H,1-2H3,(H2,22,24,25,26). The maximum absolute atomic E-state index is 14.3. The molecule has 10 nitrogen and oxygen atoms in total. The van der Waals surface area contributed by atoms with E-state index in [1.165, 1.54) is 0 Å². The second kappa shape index (κ2) is 8.59. The van der Waals surface area contributed by atoms with E-state index >= 15 is 0 Å². The van der Waals surface area contributed by atoms with Crippen LogP contribution < -0.4 is 15.4 Å². The van der Waals surface area contributed by atoms with E-state index in [0.717, 1.165) is 18.0 Å². The maximum atomic E-state index is 14.3. The molecule has 0 saturated carbocycles. The molecule has 0 saturated heterocycles. The van der Waals surface area contributed by atoms with E-state index in [9.17, 15) is 12.8 Å². The lowest BCUT2D eigenvalue weighted by Gasteiger charge is -2.13. The number of anilines is 5. The van der Waals surface area contributed by atoms with Crippen LogP contribution in [0.3, 0.4) is 0 Å². The number of rotatable bonds is 7. The molecule has 3 N–H and O–H groups in total. The first-order valence-corrected chi connectivity index (χ1v) is 11.2. The minimum absolute atomic E-state index is 0.121. The molecule has 2 aromatic heterocycles. The van der Waals surface area contributed by atoms with E-state index in [1.54, 1.807) is 55.5 Å². The van der Waals surface area contributed by atoms with Gasteiger partial charge in [0.15, 0.2) is 11.6 Å². The Kier molecular flexibility index (Phi) is 5.69. The molecule has 2 aromatic carbocycles. The molecule has 12 heteroatoms. The number of hydrogen-bond acceptors (Lipinski definition) is 9. The predicted molar refractivity (Wildman–Crippen MR) is 118 cm³/mol. The summed E-state index contributed by atoms with van der Waals surface area (Å²) in [6.45, 7) is 1.71. The number of para-hydroxylation sites is 2. The van der Waals surface area contributed by atoms with Crippen LogP contribution in [0.5, 0.6) is 0 Å². The molecule has 0 atom stereocenters. The van der Waals surface area contributed by atoms with Gasteiger partial charge >= 0.3 is 0 Å². The van der Waals surface area contributed by atoms with Gasteiger partial charge in [0.05, 0.1) is 23.8 Å². The van der Waals surface area contributed by atoms with Crippen molar-refractivity contribution in [1.82, 2.24) is 20.1 Å². The summed E-state index contributed by atoms with van der Waals surface area (Å²) < 4.78 is 44.8. The van der Waals surface area contributed by atoms with Gasteiger partial charge < -0.3 is 15.2 Å². The zero-order valence-corrected chi connectivity index (χ0v) is 17.8. The van der Waals surface area contributed by atoms with E-state index in [4.69, 9.17) is 4.52 Å². The first-order chi connectivity index (χ1) is 15.3. The molecule has 164 valence electrons. The molecular weight excluding hydrogens is 437 g/mol. The van der Waals surface area contributed by atoms with Gasteiger partial charge in [-0.15, -0.1) is 0 Å². The average Bonchev–Trinajstić information content (AvgIpc) is 3.18. The fraction of sp³-hybridized carbons (Fsp3) is 0.100. The van der Waals surface area contributed by atoms with Crippen molar-refractivity contribution in [1.29, 1.82) is 0 Å². The number of sulfonamides is 1. The quantitative estimate of drug-likeness (QED) is 0.380. The van der Waals surface area contributed by atoms with Crippen molar-refractivity contribution in [2.45, 2.75) is 6.92 Å². The average molecular weight is 455 g/mol. The van der Waals surface area contributed by atoms with Crippen LogP contribution in [0.1, 0.15) is 5.89 Å². The molecule has 0 amide bonds. The van der Waals surface area contributed by atoms with Crippen LogP contribution in [0.2, 0.25) is 0 Å². The van der Waals surface area contributed by atoms with Crippen molar-refractivity contribution >= 4 is 38.9 Å². The second-order valence-electron chi connectivity index (χ2n) is 6.77. The molecule has 2 heterocycles. The van der Waals surface area contributed by atoms with Gasteiger partial charge in [0.2, 0.25) is 27.7 Å². The third-order valence-corrected chi connectivity index (χ3v) is 4.74. The lowest BCUT2D eigenvalue weighted by atomic mass is 10.2. The Bertz CT molecular complexity index is 1360. The van der Waals surface area contributed by atoms with Crippen LogP contribution in [0, 0.1) is 12.7 Å². The maximum Gasteiger partial charge on any atom is 0.229 e. The minimum atomic E-state index is -3.52. The van der Waals surface area contributed by atoms with Crippen LogP contribution in [-0.4, -0.2) is 34.8 Å². The molecule has 0 spiro atoms. The number of benzene rings is 2. The summed E-state index contributed by atoms with van der Waals surface area (Å²) in [5, 5.41) is 9.66. The summed E-state index contributed by atoms with van der Waals surface area (Å²) in [7, 11) is -3.52. The van der Waals surface area contributed by atoms with Crippen LogP contribution in [0.25, 0.3) is 11.4 Å². The summed E-state index contributed by atoms with van der Waals surface area (Å²) in [6, 6.07) is 13.6. The third kappa shape index (κ3) is 5.16. The van der Waals surface area contributed by atoms with E-state index in [1.807, 2.05) is 0 Å².